The number of esters is 1. The largest absolute Gasteiger partial charge is 0.466 e. The molecule has 0 radical (unpaired) electrons. The summed E-state index contributed by atoms with van der Waals surface area (Å²) in [6.07, 6.45) is 91.2. The standard InChI is InChI=1S/C76H147NO5/c1-3-5-7-9-11-13-15-17-41-45-48-52-56-60-64-68-74(79)73(72-78)77-75(80)69-65-61-57-53-49-46-42-39-37-35-33-31-29-27-25-23-21-19-18-20-22-24-26-28-30-32-34-36-38-40-43-47-51-55-59-63-67-71-82-76(81)70-66-62-58-54-50-44-16-14-12-10-8-6-4-2/h14,16,18,20,73-74,78-79H,3-13,15,17,19,21-72H2,1-2H3,(H,77,80)/b16-14-,20-18-. The van der Waals surface area contributed by atoms with Crippen molar-refractivity contribution in [3.8, 4) is 0 Å². The van der Waals surface area contributed by atoms with Crippen molar-refractivity contribution in [1.82, 2.24) is 5.32 Å². The number of aliphatic hydroxyl groups excluding tert-OH is 2. The molecule has 0 heterocycles. The second kappa shape index (κ2) is 71.8. The maximum Gasteiger partial charge on any atom is 0.305 e. The van der Waals surface area contributed by atoms with Gasteiger partial charge in [0.2, 0.25) is 5.91 Å². The summed E-state index contributed by atoms with van der Waals surface area (Å²) in [5, 5.41) is 23.3. The van der Waals surface area contributed by atoms with Gasteiger partial charge in [-0.1, -0.05) is 359 Å². The van der Waals surface area contributed by atoms with Crippen molar-refractivity contribution >= 4 is 11.9 Å². The molecule has 2 unspecified atom stereocenters. The van der Waals surface area contributed by atoms with Crippen LogP contribution in [0, 0.1) is 0 Å². The lowest BCUT2D eigenvalue weighted by molar-refractivity contribution is -0.143. The highest BCUT2D eigenvalue weighted by Crippen LogP contribution is 2.19. The Balaban J connectivity index is 3.32. The molecule has 6 nitrogen and oxygen atoms in total. The number of unbranched alkanes of at least 4 members (excludes halogenated alkanes) is 56. The lowest BCUT2D eigenvalue weighted by atomic mass is 10.0. The summed E-state index contributed by atoms with van der Waals surface area (Å²) in [5.74, 6) is -0.0149. The van der Waals surface area contributed by atoms with E-state index < -0.39 is 12.1 Å². The van der Waals surface area contributed by atoms with Crippen molar-refractivity contribution in [1.29, 1.82) is 0 Å². The van der Waals surface area contributed by atoms with Gasteiger partial charge in [0.15, 0.2) is 0 Å². The summed E-state index contributed by atoms with van der Waals surface area (Å²) >= 11 is 0. The molecule has 0 saturated carbocycles. The first kappa shape index (κ1) is 80.3. The molecule has 0 aliphatic carbocycles. The van der Waals surface area contributed by atoms with Crippen LogP contribution in [-0.2, 0) is 14.3 Å². The number of amides is 1. The molecule has 0 aliphatic heterocycles. The lowest BCUT2D eigenvalue weighted by Gasteiger charge is -2.22. The predicted molar refractivity (Wildman–Crippen MR) is 361 cm³/mol. The van der Waals surface area contributed by atoms with Crippen LogP contribution >= 0.6 is 0 Å². The molecule has 0 saturated heterocycles. The summed E-state index contributed by atoms with van der Waals surface area (Å²) < 4.78 is 5.49. The van der Waals surface area contributed by atoms with E-state index in [1.54, 1.807) is 0 Å². The van der Waals surface area contributed by atoms with Crippen molar-refractivity contribution < 1.29 is 24.5 Å². The lowest BCUT2D eigenvalue weighted by Crippen LogP contribution is -2.45. The monoisotopic (exact) mass is 1150 g/mol. The van der Waals surface area contributed by atoms with Crippen LogP contribution in [0.3, 0.4) is 0 Å². The fourth-order valence-corrected chi connectivity index (χ4v) is 12.0. The normalized spacial score (nSPS) is 12.6. The van der Waals surface area contributed by atoms with E-state index in [4.69, 9.17) is 4.74 Å². The molecule has 0 aromatic heterocycles. The van der Waals surface area contributed by atoms with Crippen molar-refractivity contribution in [2.75, 3.05) is 13.2 Å². The minimum atomic E-state index is -0.661. The molecule has 0 aromatic carbocycles. The number of rotatable bonds is 71. The SMILES string of the molecule is CCCCCC/C=C\CCCCCCCC(=O)OCCCCCCCCCCCCCCCCCC/C=C\CCCCCCCCCCCCCCCCCCCC(=O)NC(CO)C(O)CCCCCCCCCCCCCCCCC. The zero-order valence-electron chi connectivity index (χ0n) is 55.8. The minimum Gasteiger partial charge on any atom is -0.466 e. The quantitative estimate of drug-likeness (QED) is 0.0320. The third-order valence-electron chi connectivity index (χ3n) is 17.7. The van der Waals surface area contributed by atoms with Gasteiger partial charge in [0, 0.05) is 12.8 Å². The number of allylic oxidation sites excluding steroid dienone is 4. The van der Waals surface area contributed by atoms with Gasteiger partial charge in [-0.05, 0) is 77.0 Å². The predicted octanol–water partition coefficient (Wildman–Crippen LogP) is 24.5. The molecule has 82 heavy (non-hydrogen) atoms. The average Bonchev–Trinajstić information content (AvgIpc) is 3.48. The average molecular weight is 1160 g/mol. The highest BCUT2D eigenvalue weighted by molar-refractivity contribution is 5.76. The number of carbonyl (C=O) groups excluding carboxylic acids is 2. The third-order valence-corrected chi connectivity index (χ3v) is 17.7. The van der Waals surface area contributed by atoms with Gasteiger partial charge in [-0.3, -0.25) is 9.59 Å². The van der Waals surface area contributed by atoms with Crippen LogP contribution in [0.4, 0.5) is 0 Å². The number of ether oxygens (including phenoxy) is 1. The van der Waals surface area contributed by atoms with Crippen LogP contribution in [0.15, 0.2) is 24.3 Å². The first-order chi connectivity index (χ1) is 40.5. The molecule has 0 aliphatic rings. The molecular weight excluding hydrogens is 1010 g/mol. The Morgan fingerprint density at radius 3 is 0.878 bits per heavy atom. The maximum absolute atomic E-state index is 12.5. The molecule has 6 heteroatoms. The molecule has 486 valence electrons. The fourth-order valence-electron chi connectivity index (χ4n) is 12.0. The molecule has 0 fully saturated rings. The van der Waals surface area contributed by atoms with E-state index in [9.17, 15) is 19.8 Å². The minimum absolute atomic E-state index is 0.0128. The van der Waals surface area contributed by atoms with E-state index in [1.165, 1.54) is 347 Å². The van der Waals surface area contributed by atoms with Crippen LogP contribution in [0.1, 0.15) is 425 Å². The molecule has 1 amide bonds. The van der Waals surface area contributed by atoms with Crippen molar-refractivity contribution in [3.05, 3.63) is 24.3 Å². The second-order valence-corrected chi connectivity index (χ2v) is 26.0. The third kappa shape index (κ3) is 67.5. The summed E-state index contributed by atoms with van der Waals surface area (Å²) in [5.41, 5.74) is 0. The van der Waals surface area contributed by atoms with Crippen LogP contribution < -0.4 is 5.32 Å². The van der Waals surface area contributed by atoms with Gasteiger partial charge in [0.05, 0.1) is 25.4 Å². The molecule has 0 spiro atoms. The first-order valence-corrected chi connectivity index (χ1v) is 37.6. The molecule has 0 aromatic rings. The Morgan fingerprint density at radius 1 is 0.329 bits per heavy atom. The van der Waals surface area contributed by atoms with E-state index in [0.717, 1.165) is 44.9 Å². The van der Waals surface area contributed by atoms with E-state index in [1.807, 2.05) is 0 Å². The van der Waals surface area contributed by atoms with Gasteiger partial charge < -0.3 is 20.3 Å². The summed E-state index contributed by atoms with van der Waals surface area (Å²) in [4.78, 5) is 24.6. The number of aliphatic hydroxyl groups is 2. The zero-order chi connectivity index (χ0) is 59.2. The van der Waals surface area contributed by atoms with Crippen LogP contribution in [0.5, 0.6) is 0 Å². The Kier molecular flexibility index (Phi) is 70.4. The number of nitrogens with one attached hydrogen (secondary N) is 1. The highest BCUT2D eigenvalue weighted by Gasteiger charge is 2.20. The first-order valence-electron chi connectivity index (χ1n) is 37.6. The van der Waals surface area contributed by atoms with E-state index in [-0.39, 0.29) is 18.5 Å². The maximum atomic E-state index is 12.5. The van der Waals surface area contributed by atoms with Gasteiger partial charge in [-0.25, -0.2) is 0 Å². The summed E-state index contributed by atoms with van der Waals surface area (Å²) in [6.45, 7) is 4.97. The van der Waals surface area contributed by atoms with Gasteiger partial charge in [-0.2, -0.15) is 0 Å². The van der Waals surface area contributed by atoms with Crippen LogP contribution in [0.25, 0.3) is 0 Å². The van der Waals surface area contributed by atoms with Gasteiger partial charge in [-0.15, -0.1) is 0 Å². The molecule has 0 bridgehead atoms. The topological polar surface area (TPSA) is 95.9 Å². The molecule has 2 atom stereocenters. The Bertz CT molecular complexity index is 1280. The van der Waals surface area contributed by atoms with Crippen LogP contribution in [-0.4, -0.2) is 47.4 Å². The summed E-state index contributed by atoms with van der Waals surface area (Å²) in [6, 6.07) is -0.538. The van der Waals surface area contributed by atoms with Crippen molar-refractivity contribution in [2.45, 2.75) is 437 Å². The van der Waals surface area contributed by atoms with Crippen molar-refractivity contribution in [2.24, 2.45) is 0 Å². The molecular formula is C76H147NO5. The van der Waals surface area contributed by atoms with Gasteiger partial charge in [0.1, 0.15) is 0 Å². The van der Waals surface area contributed by atoms with Gasteiger partial charge >= 0.3 is 5.97 Å². The van der Waals surface area contributed by atoms with Crippen LogP contribution in [0.2, 0.25) is 0 Å². The Morgan fingerprint density at radius 2 is 0.573 bits per heavy atom. The highest BCUT2D eigenvalue weighted by atomic mass is 16.5. The Hall–Kier alpha value is -1.66. The smallest absolute Gasteiger partial charge is 0.305 e. The zero-order valence-corrected chi connectivity index (χ0v) is 55.8. The molecule has 0 rings (SSSR count). The summed E-state index contributed by atoms with van der Waals surface area (Å²) in [7, 11) is 0. The van der Waals surface area contributed by atoms with E-state index in [0.29, 0.717) is 25.9 Å². The van der Waals surface area contributed by atoms with Gasteiger partial charge in [0.25, 0.3) is 0 Å². The number of hydrogen-bond acceptors (Lipinski definition) is 5. The molecule has 3 N–H and O–H groups in total. The number of hydrogen-bond donors (Lipinski definition) is 3. The Labute approximate surface area is 513 Å². The second-order valence-electron chi connectivity index (χ2n) is 26.0. The van der Waals surface area contributed by atoms with Crippen molar-refractivity contribution in [3.63, 3.8) is 0 Å². The van der Waals surface area contributed by atoms with E-state index in [2.05, 4.69) is 43.5 Å². The van der Waals surface area contributed by atoms with E-state index >= 15 is 0 Å². The number of carbonyl (C=O) groups is 2. The fraction of sp³-hybridized carbons (Fsp3) is 0.921.